The van der Waals surface area contributed by atoms with Crippen LogP contribution in [-0.2, 0) is 16.8 Å². The van der Waals surface area contributed by atoms with Gasteiger partial charge in [0.2, 0.25) is 0 Å². The first-order valence-electron chi connectivity index (χ1n) is 10.4. The third-order valence-electron chi connectivity index (χ3n) is 6.15. The molecule has 1 amide bonds. The normalized spacial score (nSPS) is 23.5. The van der Waals surface area contributed by atoms with Crippen LogP contribution in [0.15, 0.2) is 47.5 Å². The molecule has 1 fully saturated rings. The number of amides is 1. The highest BCUT2D eigenvalue weighted by atomic mass is 19.1. The Balaban J connectivity index is 1.67. The summed E-state index contributed by atoms with van der Waals surface area (Å²) in [6.45, 7) is 0.693. The molecule has 1 aliphatic carbocycles. The molecule has 2 heterocycles. The van der Waals surface area contributed by atoms with Gasteiger partial charge in [-0.25, -0.2) is 9.38 Å². The van der Waals surface area contributed by atoms with Crippen LogP contribution in [-0.4, -0.2) is 30.4 Å². The van der Waals surface area contributed by atoms with Crippen molar-refractivity contribution in [3.8, 4) is 5.75 Å². The van der Waals surface area contributed by atoms with Gasteiger partial charge in [0.1, 0.15) is 11.6 Å². The predicted octanol–water partition coefficient (Wildman–Crippen LogP) is 3.60. The number of aryl methyl sites for hydroxylation is 1. The monoisotopic (exact) mass is 405 g/mol. The molecule has 30 heavy (non-hydrogen) atoms. The Morgan fingerprint density at radius 2 is 2.00 bits per heavy atom. The molecule has 1 unspecified atom stereocenters. The van der Waals surface area contributed by atoms with Gasteiger partial charge < -0.3 is 10.5 Å². The number of nitrogens with two attached hydrogens (primary N) is 1. The minimum absolute atomic E-state index is 0.147. The number of nitrogens with zero attached hydrogens (tertiary/aromatic N) is 2. The van der Waals surface area contributed by atoms with Gasteiger partial charge in [0.05, 0.1) is 6.61 Å². The summed E-state index contributed by atoms with van der Waals surface area (Å²) in [6.07, 6.45) is 7.93. The van der Waals surface area contributed by atoms with Gasteiger partial charge in [0, 0.05) is 12.6 Å². The van der Waals surface area contributed by atoms with Crippen LogP contribution in [0.5, 0.6) is 5.75 Å². The van der Waals surface area contributed by atoms with Crippen molar-refractivity contribution in [2.75, 3.05) is 13.7 Å². The molecule has 5 rings (SSSR count). The molecule has 0 aromatic heterocycles. The van der Waals surface area contributed by atoms with Crippen LogP contribution in [0, 0.1) is 11.7 Å². The molecule has 2 aromatic carbocycles. The zero-order valence-electron chi connectivity index (χ0n) is 16.9. The minimum atomic E-state index is -1.33. The number of hydrogen-bond acceptors (Lipinski definition) is 4. The molecule has 1 atom stereocenters. The number of fused-ring (bicyclic) bond motifs is 1. The maximum absolute atomic E-state index is 14.5. The molecule has 0 spiro atoms. The van der Waals surface area contributed by atoms with Crippen LogP contribution in [0.3, 0.4) is 0 Å². The summed E-state index contributed by atoms with van der Waals surface area (Å²) in [4.78, 5) is 19.5. The lowest BCUT2D eigenvalue weighted by atomic mass is 9.81. The summed E-state index contributed by atoms with van der Waals surface area (Å²) in [5, 5.41) is 0. The fraction of sp³-hybridized carbons (Fsp3) is 0.333. The highest BCUT2D eigenvalue weighted by molar-refractivity contribution is 6.09. The number of carbonyl (C=O) groups is 1. The number of carbonyl (C=O) groups excluding carboxylic acids is 1. The third-order valence-corrected chi connectivity index (χ3v) is 6.15. The van der Waals surface area contributed by atoms with E-state index in [-0.39, 0.29) is 17.7 Å². The summed E-state index contributed by atoms with van der Waals surface area (Å²) in [5.74, 6) is 0.938. The molecule has 1 saturated carbocycles. The number of rotatable bonds is 4. The second kappa shape index (κ2) is 6.97. The van der Waals surface area contributed by atoms with Gasteiger partial charge >= 0.3 is 0 Å². The first-order valence-corrected chi connectivity index (χ1v) is 10.4. The second-order valence-corrected chi connectivity index (χ2v) is 8.25. The molecule has 2 aromatic rings. The van der Waals surface area contributed by atoms with E-state index in [1.54, 1.807) is 25.3 Å². The Labute approximate surface area is 175 Å². The molecule has 0 bridgehead atoms. The van der Waals surface area contributed by atoms with Gasteiger partial charge in [-0.15, -0.1) is 0 Å². The van der Waals surface area contributed by atoms with Crippen molar-refractivity contribution in [3.63, 3.8) is 0 Å². The largest absolute Gasteiger partial charge is 0.493 e. The zero-order valence-corrected chi connectivity index (χ0v) is 16.9. The minimum Gasteiger partial charge on any atom is -0.493 e. The highest BCUT2D eigenvalue weighted by Crippen LogP contribution is 2.42. The van der Waals surface area contributed by atoms with E-state index in [1.165, 1.54) is 11.0 Å². The Morgan fingerprint density at radius 1 is 1.23 bits per heavy atom. The van der Waals surface area contributed by atoms with Gasteiger partial charge in [-0.3, -0.25) is 9.69 Å². The van der Waals surface area contributed by atoms with Crippen molar-refractivity contribution >= 4 is 17.9 Å². The van der Waals surface area contributed by atoms with Gasteiger partial charge in [0.25, 0.3) is 5.91 Å². The number of halogens is 1. The van der Waals surface area contributed by atoms with Gasteiger partial charge in [-0.2, -0.15) is 0 Å². The molecule has 6 heteroatoms. The summed E-state index contributed by atoms with van der Waals surface area (Å²) < 4.78 is 20.2. The van der Waals surface area contributed by atoms with Crippen LogP contribution in [0.2, 0.25) is 0 Å². The Kier molecular flexibility index (Phi) is 4.38. The van der Waals surface area contributed by atoms with Crippen LogP contribution in [0.1, 0.15) is 41.5 Å². The van der Waals surface area contributed by atoms with Crippen molar-refractivity contribution in [2.24, 2.45) is 16.6 Å². The molecule has 154 valence electrons. The Bertz CT molecular complexity index is 1090. The zero-order chi connectivity index (χ0) is 20.9. The summed E-state index contributed by atoms with van der Waals surface area (Å²) >= 11 is 0. The lowest BCUT2D eigenvalue weighted by Gasteiger charge is -2.28. The van der Waals surface area contributed by atoms with Crippen molar-refractivity contribution in [1.82, 2.24) is 4.90 Å². The van der Waals surface area contributed by atoms with Gasteiger partial charge in [0.15, 0.2) is 11.5 Å². The second-order valence-electron chi connectivity index (χ2n) is 8.25. The molecule has 0 radical (unpaired) electrons. The van der Waals surface area contributed by atoms with E-state index in [2.05, 4.69) is 4.99 Å². The maximum atomic E-state index is 14.5. The van der Waals surface area contributed by atoms with E-state index < -0.39 is 5.54 Å². The summed E-state index contributed by atoms with van der Waals surface area (Å²) in [7, 11) is 1.61. The quantitative estimate of drug-likeness (QED) is 0.845. The van der Waals surface area contributed by atoms with E-state index in [4.69, 9.17) is 10.5 Å². The van der Waals surface area contributed by atoms with Crippen LogP contribution >= 0.6 is 0 Å². The van der Waals surface area contributed by atoms with Crippen molar-refractivity contribution in [2.45, 2.75) is 31.2 Å². The maximum Gasteiger partial charge on any atom is 0.266 e. The number of guanidine groups is 1. The SMILES string of the molecule is CN1C(=O)C(c2ccc(F)c(/C=C/C3CC3)c2)(c2ccc3c(c2)CCCO3)N=C1N. The fourth-order valence-corrected chi connectivity index (χ4v) is 4.19. The molecule has 0 saturated heterocycles. The van der Waals surface area contributed by atoms with E-state index in [9.17, 15) is 9.18 Å². The van der Waals surface area contributed by atoms with Crippen molar-refractivity contribution in [3.05, 3.63) is 70.5 Å². The standard InChI is InChI=1S/C24H24FN3O2/c1-28-22(29)24(27-23(28)26,19-9-11-21-17(14-19)3-2-12-30-21)18-8-10-20(25)16(13-18)7-6-15-4-5-15/h6-11,13-15H,2-5,12H2,1H3,(H2,26,27)/b7-6+. The van der Waals surface area contributed by atoms with Crippen LogP contribution in [0.25, 0.3) is 6.08 Å². The number of benzene rings is 2. The molecule has 5 nitrogen and oxygen atoms in total. The molecule has 3 aliphatic rings. The molecular formula is C24H24FN3O2. The fourth-order valence-electron chi connectivity index (χ4n) is 4.19. The van der Waals surface area contributed by atoms with Crippen LogP contribution < -0.4 is 10.5 Å². The Hall–Kier alpha value is -3.15. The number of allylic oxidation sites excluding steroid dienone is 1. The van der Waals surface area contributed by atoms with Crippen molar-refractivity contribution in [1.29, 1.82) is 0 Å². The topological polar surface area (TPSA) is 67.9 Å². The number of aliphatic imine (C=N–C) groups is 1. The number of ether oxygens (including phenoxy) is 1. The first-order chi connectivity index (χ1) is 14.5. The molecular weight excluding hydrogens is 381 g/mol. The number of likely N-dealkylation sites (N-methyl/N-ethyl adjacent to an activating group) is 1. The van der Waals surface area contributed by atoms with Gasteiger partial charge in [-0.1, -0.05) is 24.3 Å². The van der Waals surface area contributed by atoms with Crippen molar-refractivity contribution < 1.29 is 13.9 Å². The predicted molar refractivity (Wildman–Crippen MR) is 114 cm³/mol. The molecule has 2 N–H and O–H groups in total. The van der Waals surface area contributed by atoms with Gasteiger partial charge in [-0.05, 0) is 72.6 Å². The number of hydrogen-bond donors (Lipinski definition) is 1. The van der Waals surface area contributed by atoms with E-state index in [0.717, 1.165) is 37.0 Å². The van der Waals surface area contributed by atoms with E-state index >= 15 is 0 Å². The first kappa shape index (κ1) is 18.9. The average molecular weight is 405 g/mol. The lowest BCUT2D eigenvalue weighted by Crippen LogP contribution is -2.41. The smallest absolute Gasteiger partial charge is 0.266 e. The van der Waals surface area contributed by atoms with Crippen LogP contribution in [0.4, 0.5) is 4.39 Å². The highest BCUT2D eigenvalue weighted by Gasteiger charge is 2.50. The molecule has 2 aliphatic heterocycles. The average Bonchev–Trinajstić information content (AvgIpc) is 3.56. The van der Waals surface area contributed by atoms with E-state index in [1.807, 2.05) is 24.3 Å². The summed E-state index contributed by atoms with van der Waals surface area (Å²) in [5.41, 5.74) is 7.56. The third kappa shape index (κ3) is 2.98. The van der Waals surface area contributed by atoms with E-state index in [0.29, 0.717) is 29.2 Å². The summed E-state index contributed by atoms with van der Waals surface area (Å²) in [6, 6.07) is 10.5. The Morgan fingerprint density at radius 3 is 2.73 bits per heavy atom. The lowest BCUT2D eigenvalue weighted by molar-refractivity contribution is -0.129.